The van der Waals surface area contributed by atoms with Crippen molar-refractivity contribution in [3.63, 3.8) is 0 Å². The molecule has 0 aromatic heterocycles. The van der Waals surface area contributed by atoms with E-state index in [0.29, 0.717) is 21.9 Å². The third kappa shape index (κ3) is 3.31. The molecule has 0 aliphatic rings. The van der Waals surface area contributed by atoms with E-state index in [0.717, 1.165) is 5.69 Å². The summed E-state index contributed by atoms with van der Waals surface area (Å²) < 4.78 is 13.4. The van der Waals surface area contributed by atoms with E-state index in [1.54, 1.807) is 43.3 Å². The fraction of sp³-hybridized carbons (Fsp3) is 0.0667. The van der Waals surface area contributed by atoms with Crippen molar-refractivity contribution in [1.82, 2.24) is 0 Å². The number of nitrogens with zero attached hydrogens (tertiary/aromatic N) is 1. The summed E-state index contributed by atoms with van der Waals surface area (Å²) in [5.41, 5.74) is 2.47. The Labute approximate surface area is 122 Å². The van der Waals surface area contributed by atoms with E-state index < -0.39 is 0 Å². The molecule has 0 radical (unpaired) electrons. The van der Waals surface area contributed by atoms with Gasteiger partial charge in [0.1, 0.15) is 5.82 Å². The van der Waals surface area contributed by atoms with Crippen molar-refractivity contribution in [1.29, 1.82) is 5.26 Å². The number of halogens is 1. The molecule has 0 aliphatic carbocycles. The average molecular weight is 285 g/mol. The molecule has 20 heavy (non-hydrogen) atoms. The number of hydrogen-bond donors (Lipinski definition) is 2. The van der Waals surface area contributed by atoms with Crippen molar-refractivity contribution >= 4 is 28.7 Å². The SMILES string of the molecule is Cc1c(F)cccc1NC(=S)Nc1ccc(C#N)cc1. The van der Waals surface area contributed by atoms with Crippen LogP contribution < -0.4 is 10.6 Å². The summed E-state index contributed by atoms with van der Waals surface area (Å²) in [5.74, 6) is -0.281. The number of nitrogens with one attached hydrogen (secondary N) is 2. The summed E-state index contributed by atoms with van der Waals surface area (Å²) in [6, 6.07) is 13.7. The predicted molar refractivity (Wildman–Crippen MR) is 82.1 cm³/mol. The molecule has 0 unspecified atom stereocenters. The summed E-state index contributed by atoms with van der Waals surface area (Å²) in [7, 11) is 0. The van der Waals surface area contributed by atoms with Crippen molar-refractivity contribution < 1.29 is 4.39 Å². The van der Waals surface area contributed by atoms with Gasteiger partial charge in [-0.05, 0) is 55.5 Å². The summed E-state index contributed by atoms with van der Waals surface area (Å²) in [4.78, 5) is 0. The first-order valence-corrected chi connectivity index (χ1v) is 6.34. The maximum absolute atomic E-state index is 13.4. The largest absolute Gasteiger partial charge is 0.332 e. The van der Waals surface area contributed by atoms with Crippen LogP contribution in [0.4, 0.5) is 15.8 Å². The molecular weight excluding hydrogens is 273 g/mol. The van der Waals surface area contributed by atoms with E-state index in [9.17, 15) is 4.39 Å². The molecule has 2 aromatic rings. The topological polar surface area (TPSA) is 47.8 Å². The normalized spacial score (nSPS) is 9.65. The van der Waals surface area contributed by atoms with Gasteiger partial charge in [-0.25, -0.2) is 4.39 Å². The second-order valence-electron chi connectivity index (χ2n) is 4.18. The van der Waals surface area contributed by atoms with Crippen LogP contribution in [0.2, 0.25) is 0 Å². The van der Waals surface area contributed by atoms with E-state index in [1.807, 2.05) is 6.07 Å². The molecule has 0 spiro atoms. The quantitative estimate of drug-likeness (QED) is 0.824. The van der Waals surface area contributed by atoms with Crippen LogP contribution in [0.5, 0.6) is 0 Å². The van der Waals surface area contributed by atoms with Crippen LogP contribution in [0, 0.1) is 24.1 Å². The molecule has 3 nitrogen and oxygen atoms in total. The van der Waals surface area contributed by atoms with Crippen LogP contribution in [-0.2, 0) is 0 Å². The molecule has 0 heterocycles. The fourth-order valence-electron chi connectivity index (χ4n) is 1.66. The van der Waals surface area contributed by atoms with E-state index in [2.05, 4.69) is 10.6 Å². The molecule has 2 aromatic carbocycles. The highest BCUT2D eigenvalue weighted by molar-refractivity contribution is 7.80. The number of nitriles is 1. The van der Waals surface area contributed by atoms with Crippen LogP contribution in [0.15, 0.2) is 42.5 Å². The summed E-state index contributed by atoms with van der Waals surface area (Å²) in [5, 5.41) is 15.0. The lowest BCUT2D eigenvalue weighted by Gasteiger charge is -2.12. The zero-order valence-electron chi connectivity index (χ0n) is 10.8. The van der Waals surface area contributed by atoms with Crippen LogP contribution in [0.25, 0.3) is 0 Å². The van der Waals surface area contributed by atoms with Crippen molar-refractivity contribution in [3.8, 4) is 6.07 Å². The second-order valence-corrected chi connectivity index (χ2v) is 4.59. The summed E-state index contributed by atoms with van der Waals surface area (Å²) in [6.07, 6.45) is 0. The zero-order valence-corrected chi connectivity index (χ0v) is 11.6. The molecule has 2 N–H and O–H groups in total. The van der Waals surface area contributed by atoms with Gasteiger partial charge in [0.25, 0.3) is 0 Å². The van der Waals surface area contributed by atoms with Gasteiger partial charge in [-0.2, -0.15) is 5.26 Å². The van der Waals surface area contributed by atoms with E-state index in [4.69, 9.17) is 17.5 Å². The first-order valence-electron chi connectivity index (χ1n) is 5.93. The Hall–Kier alpha value is -2.45. The Kier molecular flexibility index (Phi) is 4.28. The Morgan fingerprint density at radius 1 is 1.15 bits per heavy atom. The minimum absolute atomic E-state index is 0.281. The van der Waals surface area contributed by atoms with Gasteiger partial charge in [-0.3, -0.25) is 0 Å². The Bertz CT molecular complexity index is 675. The minimum atomic E-state index is -0.281. The number of benzene rings is 2. The zero-order chi connectivity index (χ0) is 14.5. The summed E-state index contributed by atoms with van der Waals surface area (Å²) in [6.45, 7) is 1.68. The van der Waals surface area contributed by atoms with Crippen LogP contribution >= 0.6 is 12.2 Å². The van der Waals surface area contributed by atoms with Gasteiger partial charge in [0.15, 0.2) is 5.11 Å². The van der Waals surface area contributed by atoms with Gasteiger partial charge in [0.05, 0.1) is 11.6 Å². The smallest absolute Gasteiger partial charge is 0.175 e. The molecule has 0 aliphatic heterocycles. The average Bonchev–Trinajstić information content (AvgIpc) is 2.45. The number of anilines is 2. The lowest BCUT2D eigenvalue weighted by atomic mass is 10.2. The van der Waals surface area contributed by atoms with Crippen LogP contribution in [0.1, 0.15) is 11.1 Å². The second kappa shape index (κ2) is 6.13. The number of thiocarbonyl (C=S) groups is 1. The molecule has 100 valence electrons. The fourth-order valence-corrected chi connectivity index (χ4v) is 1.88. The third-order valence-electron chi connectivity index (χ3n) is 2.79. The van der Waals surface area contributed by atoms with Crippen molar-refractivity contribution in [3.05, 3.63) is 59.4 Å². The molecule has 0 bridgehead atoms. The number of rotatable bonds is 2. The van der Waals surface area contributed by atoms with Gasteiger partial charge in [0, 0.05) is 16.9 Å². The van der Waals surface area contributed by atoms with Crippen molar-refractivity contribution in [2.24, 2.45) is 0 Å². The molecular formula is C15H12FN3S. The van der Waals surface area contributed by atoms with Crippen LogP contribution in [0.3, 0.4) is 0 Å². The first kappa shape index (κ1) is 14.0. The van der Waals surface area contributed by atoms with E-state index >= 15 is 0 Å². The molecule has 0 saturated heterocycles. The monoisotopic (exact) mass is 285 g/mol. The Morgan fingerprint density at radius 3 is 2.50 bits per heavy atom. The van der Waals surface area contributed by atoms with E-state index in [1.165, 1.54) is 6.07 Å². The lowest BCUT2D eigenvalue weighted by Crippen LogP contribution is -2.19. The summed E-state index contributed by atoms with van der Waals surface area (Å²) >= 11 is 5.17. The molecule has 2 rings (SSSR count). The molecule has 0 fully saturated rings. The minimum Gasteiger partial charge on any atom is -0.332 e. The third-order valence-corrected chi connectivity index (χ3v) is 2.99. The van der Waals surface area contributed by atoms with Gasteiger partial charge in [0.2, 0.25) is 0 Å². The van der Waals surface area contributed by atoms with Gasteiger partial charge in [-0.1, -0.05) is 6.07 Å². The molecule has 0 saturated carbocycles. The molecule has 5 heteroatoms. The molecule has 0 atom stereocenters. The predicted octanol–water partition coefficient (Wildman–Crippen LogP) is 3.81. The highest BCUT2D eigenvalue weighted by Crippen LogP contribution is 2.18. The van der Waals surface area contributed by atoms with E-state index in [-0.39, 0.29) is 5.82 Å². The first-order chi connectivity index (χ1) is 9.60. The standard InChI is InChI=1S/C15H12FN3S/c1-10-13(16)3-2-4-14(10)19-15(20)18-12-7-5-11(9-17)6-8-12/h2-8H,1H3,(H2,18,19,20). The lowest BCUT2D eigenvalue weighted by molar-refractivity contribution is 0.619. The number of hydrogen-bond acceptors (Lipinski definition) is 2. The maximum Gasteiger partial charge on any atom is 0.175 e. The Morgan fingerprint density at radius 2 is 1.85 bits per heavy atom. The van der Waals surface area contributed by atoms with Crippen molar-refractivity contribution in [2.75, 3.05) is 10.6 Å². The van der Waals surface area contributed by atoms with Gasteiger partial charge >= 0.3 is 0 Å². The maximum atomic E-state index is 13.4. The molecule has 0 amide bonds. The van der Waals surface area contributed by atoms with Crippen LogP contribution in [-0.4, -0.2) is 5.11 Å². The highest BCUT2D eigenvalue weighted by Gasteiger charge is 2.05. The van der Waals surface area contributed by atoms with Gasteiger partial charge < -0.3 is 10.6 Å². The van der Waals surface area contributed by atoms with Crippen molar-refractivity contribution in [2.45, 2.75) is 6.92 Å². The Balaban J connectivity index is 2.05. The van der Waals surface area contributed by atoms with Gasteiger partial charge in [-0.15, -0.1) is 0 Å². The highest BCUT2D eigenvalue weighted by atomic mass is 32.1.